The van der Waals surface area contributed by atoms with Crippen LogP contribution in [0.3, 0.4) is 0 Å². The Hall–Kier alpha value is -1.87. The van der Waals surface area contributed by atoms with Gasteiger partial charge in [0, 0.05) is 18.3 Å². The number of nitrogens with zero attached hydrogens (tertiary/aromatic N) is 1. The zero-order valence-electron chi connectivity index (χ0n) is 11.7. The molecule has 2 aromatic rings. The lowest BCUT2D eigenvalue weighted by atomic mass is 10.1. The minimum Gasteiger partial charge on any atom is -0.497 e. The number of hydrogen-bond acceptors (Lipinski definition) is 3. The van der Waals surface area contributed by atoms with Crippen molar-refractivity contribution in [2.45, 2.75) is 26.4 Å². The maximum absolute atomic E-state index is 5.16. The van der Waals surface area contributed by atoms with Gasteiger partial charge in [-0.3, -0.25) is 4.98 Å². The zero-order chi connectivity index (χ0) is 13.7. The average molecular weight is 256 g/mol. The molecule has 0 fully saturated rings. The normalized spacial score (nSPS) is 12.2. The highest BCUT2D eigenvalue weighted by Gasteiger charge is 2.05. The molecule has 1 atom stereocenters. The number of methoxy groups -OCH3 is 1. The third kappa shape index (κ3) is 3.80. The van der Waals surface area contributed by atoms with Crippen molar-refractivity contribution in [2.75, 3.05) is 7.11 Å². The molecule has 0 saturated carbocycles. The van der Waals surface area contributed by atoms with Crippen LogP contribution < -0.4 is 10.1 Å². The summed E-state index contributed by atoms with van der Waals surface area (Å²) in [6.07, 6.45) is 0. The van der Waals surface area contributed by atoms with Gasteiger partial charge in [-0.05, 0) is 43.7 Å². The van der Waals surface area contributed by atoms with Gasteiger partial charge in [0.25, 0.3) is 0 Å². The maximum atomic E-state index is 5.16. The van der Waals surface area contributed by atoms with E-state index in [0.29, 0.717) is 0 Å². The van der Waals surface area contributed by atoms with E-state index in [1.54, 1.807) is 7.11 Å². The Morgan fingerprint density at radius 3 is 2.53 bits per heavy atom. The summed E-state index contributed by atoms with van der Waals surface area (Å²) in [5, 5.41) is 3.48. The van der Waals surface area contributed by atoms with Crippen molar-refractivity contribution in [2.24, 2.45) is 0 Å². The molecule has 19 heavy (non-hydrogen) atoms. The highest BCUT2D eigenvalue weighted by molar-refractivity contribution is 5.28. The summed E-state index contributed by atoms with van der Waals surface area (Å²) < 4.78 is 5.16. The number of nitrogens with one attached hydrogen (secondary N) is 1. The Labute approximate surface area is 114 Å². The van der Waals surface area contributed by atoms with Crippen LogP contribution in [0.2, 0.25) is 0 Å². The van der Waals surface area contributed by atoms with Crippen LogP contribution in [0.25, 0.3) is 0 Å². The third-order valence-electron chi connectivity index (χ3n) is 3.15. The number of ether oxygens (including phenoxy) is 1. The van der Waals surface area contributed by atoms with Gasteiger partial charge >= 0.3 is 0 Å². The third-order valence-corrected chi connectivity index (χ3v) is 3.15. The van der Waals surface area contributed by atoms with E-state index < -0.39 is 0 Å². The number of rotatable bonds is 5. The Balaban J connectivity index is 1.95. The molecule has 0 saturated heterocycles. The summed E-state index contributed by atoms with van der Waals surface area (Å²) in [5.74, 6) is 0.885. The fraction of sp³-hybridized carbons (Fsp3) is 0.312. The van der Waals surface area contributed by atoms with Gasteiger partial charge in [-0.15, -0.1) is 0 Å². The number of pyridine rings is 1. The lowest BCUT2D eigenvalue weighted by Gasteiger charge is -2.14. The topological polar surface area (TPSA) is 34.1 Å². The van der Waals surface area contributed by atoms with Gasteiger partial charge in [0.05, 0.1) is 12.8 Å². The Morgan fingerprint density at radius 1 is 1.16 bits per heavy atom. The molecular weight excluding hydrogens is 236 g/mol. The molecule has 3 nitrogen and oxygen atoms in total. The number of aromatic nitrogens is 1. The Kier molecular flexibility index (Phi) is 4.53. The number of hydrogen-bond donors (Lipinski definition) is 1. The smallest absolute Gasteiger partial charge is 0.118 e. The monoisotopic (exact) mass is 256 g/mol. The van der Waals surface area contributed by atoms with E-state index in [4.69, 9.17) is 4.74 Å². The first kappa shape index (κ1) is 13.6. The molecule has 0 amide bonds. The van der Waals surface area contributed by atoms with Crippen LogP contribution in [0.15, 0.2) is 42.5 Å². The maximum Gasteiger partial charge on any atom is 0.118 e. The molecule has 1 aromatic carbocycles. The highest BCUT2D eigenvalue weighted by Crippen LogP contribution is 2.17. The van der Waals surface area contributed by atoms with Crippen molar-refractivity contribution >= 4 is 0 Å². The van der Waals surface area contributed by atoms with Crippen molar-refractivity contribution < 1.29 is 4.74 Å². The lowest BCUT2D eigenvalue weighted by molar-refractivity contribution is 0.414. The van der Waals surface area contributed by atoms with Crippen LogP contribution in [0.5, 0.6) is 5.75 Å². The first-order valence-corrected chi connectivity index (χ1v) is 6.49. The molecule has 0 unspecified atom stereocenters. The minimum absolute atomic E-state index is 0.285. The molecule has 1 heterocycles. The summed E-state index contributed by atoms with van der Waals surface area (Å²) in [7, 11) is 1.68. The summed E-state index contributed by atoms with van der Waals surface area (Å²) >= 11 is 0. The molecule has 1 N–H and O–H groups in total. The predicted molar refractivity (Wildman–Crippen MR) is 77.2 cm³/mol. The molecule has 3 heteroatoms. The fourth-order valence-corrected chi connectivity index (χ4v) is 1.97. The second-order valence-electron chi connectivity index (χ2n) is 4.65. The molecule has 1 aromatic heterocycles. The summed E-state index contributed by atoms with van der Waals surface area (Å²) in [6.45, 7) is 4.93. The number of aryl methyl sites for hydroxylation is 1. The molecule has 0 spiro atoms. The van der Waals surface area contributed by atoms with E-state index in [0.717, 1.165) is 23.7 Å². The van der Waals surface area contributed by atoms with Gasteiger partial charge in [0.1, 0.15) is 5.75 Å². The van der Waals surface area contributed by atoms with Crippen molar-refractivity contribution in [1.82, 2.24) is 10.3 Å². The standard InChI is InChI=1S/C16H20N2O/c1-12-5-4-6-15(18-12)11-17-13(2)14-7-9-16(19-3)10-8-14/h4-10,13,17H,11H2,1-3H3/t13-/m0/s1. The molecule has 0 aliphatic carbocycles. The van der Waals surface area contributed by atoms with Crippen molar-refractivity contribution in [1.29, 1.82) is 0 Å². The van der Waals surface area contributed by atoms with Crippen LogP contribution in [-0.4, -0.2) is 12.1 Å². The predicted octanol–water partition coefficient (Wildman–Crippen LogP) is 3.25. The van der Waals surface area contributed by atoms with Crippen molar-refractivity contribution in [3.8, 4) is 5.75 Å². The van der Waals surface area contributed by atoms with Gasteiger partial charge in [0.2, 0.25) is 0 Å². The largest absolute Gasteiger partial charge is 0.497 e. The van der Waals surface area contributed by atoms with Gasteiger partial charge in [0.15, 0.2) is 0 Å². The summed E-state index contributed by atoms with van der Waals surface area (Å²) in [6, 6.07) is 14.5. The first-order valence-electron chi connectivity index (χ1n) is 6.49. The van der Waals surface area contributed by atoms with E-state index in [9.17, 15) is 0 Å². The van der Waals surface area contributed by atoms with E-state index in [-0.39, 0.29) is 6.04 Å². The second-order valence-corrected chi connectivity index (χ2v) is 4.65. The molecule has 2 rings (SSSR count). The molecule has 0 radical (unpaired) electrons. The first-order chi connectivity index (χ1) is 9.19. The van der Waals surface area contributed by atoms with E-state index >= 15 is 0 Å². The molecular formula is C16H20N2O. The van der Waals surface area contributed by atoms with Gasteiger partial charge in [-0.1, -0.05) is 18.2 Å². The van der Waals surface area contributed by atoms with Crippen molar-refractivity contribution in [3.05, 3.63) is 59.4 Å². The van der Waals surface area contributed by atoms with E-state index in [2.05, 4.69) is 29.4 Å². The molecule has 0 aliphatic rings. The van der Waals surface area contributed by atoms with E-state index in [1.165, 1.54) is 5.56 Å². The van der Waals surface area contributed by atoms with Gasteiger partial charge < -0.3 is 10.1 Å². The highest BCUT2D eigenvalue weighted by atomic mass is 16.5. The van der Waals surface area contributed by atoms with E-state index in [1.807, 2.05) is 37.3 Å². The van der Waals surface area contributed by atoms with Gasteiger partial charge in [-0.2, -0.15) is 0 Å². The molecule has 0 bridgehead atoms. The Bertz CT molecular complexity index is 523. The Morgan fingerprint density at radius 2 is 1.89 bits per heavy atom. The van der Waals surface area contributed by atoms with Crippen LogP contribution >= 0.6 is 0 Å². The van der Waals surface area contributed by atoms with Crippen LogP contribution in [0.4, 0.5) is 0 Å². The lowest BCUT2D eigenvalue weighted by Crippen LogP contribution is -2.18. The summed E-state index contributed by atoms with van der Waals surface area (Å²) in [5.41, 5.74) is 3.37. The molecule has 100 valence electrons. The molecule has 0 aliphatic heterocycles. The van der Waals surface area contributed by atoms with Crippen LogP contribution in [0.1, 0.15) is 29.9 Å². The van der Waals surface area contributed by atoms with Crippen LogP contribution in [0, 0.1) is 6.92 Å². The minimum atomic E-state index is 0.285. The quantitative estimate of drug-likeness (QED) is 0.891. The van der Waals surface area contributed by atoms with Gasteiger partial charge in [-0.25, -0.2) is 0 Å². The van der Waals surface area contributed by atoms with Crippen molar-refractivity contribution in [3.63, 3.8) is 0 Å². The summed E-state index contributed by atoms with van der Waals surface area (Å²) in [4.78, 5) is 4.48. The second kappa shape index (κ2) is 6.34. The average Bonchev–Trinajstić information content (AvgIpc) is 2.45. The fourth-order valence-electron chi connectivity index (χ4n) is 1.97. The zero-order valence-corrected chi connectivity index (χ0v) is 11.7. The van der Waals surface area contributed by atoms with Crippen LogP contribution in [-0.2, 0) is 6.54 Å². The SMILES string of the molecule is COc1ccc([C@H](C)NCc2cccc(C)n2)cc1. The number of benzene rings is 1.